The highest BCUT2D eigenvalue weighted by molar-refractivity contribution is 9.10. The van der Waals surface area contributed by atoms with Crippen LogP contribution in [0.5, 0.6) is 0 Å². The number of hydrogen-bond acceptors (Lipinski definition) is 2. The molecule has 2 aromatic rings. The third-order valence-electron chi connectivity index (χ3n) is 2.44. The van der Waals surface area contributed by atoms with Crippen LogP contribution in [0.25, 0.3) is 10.9 Å². The molecule has 0 spiro atoms. The average molecular weight is 305 g/mol. The molecule has 2 N–H and O–H groups in total. The number of nitrogens with zero attached hydrogens (tertiary/aromatic N) is 1. The molecule has 1 heterocycles. The van der Waals surface area contributed by atoms with Gasteiger partial charge in [-0.15, -0.1) is 0 Å². The van der Waals surface area contributed by atoms with E-state index >= 15 is 0 Å². The lowest BCUT2D eigenvalue weighted by Gasteiger charge is -2.17. The number of alkyl halides is 3. The largest absolute Gasteiger partial charge is 0.407 e. The van der Waals surface area contributed by atoms with Crippen molar-refractivity contribution in [1.82, 2.24) is 4.98 Å². The van der Waals surface area contributed by atoms with E-state index in [9.17, 15) is 13.2 Å². The van der Waals surface area contributed by atoms with Crippen LogP contribution in [0.15, 0.2) is 34.9 Å². The summed E-state index contributed by atoms with van der Waals surface area (Å²) in [6, 6.07) is 4.23. The second-order valence-corrected chi connectivity index (χ2v) is 4.41. The summed E-state index contributed by atoms with van der Waals surface area (Å²) in [4.78, 5) is 3.97. The van der Waals surface area contributed by atoms with Crippen LogP contribution in [-0.2, 0) is 0 Å². The van der Waals surface area contributed by atoms with Crippen LogP contribution in [0.4, 0.5) is 13.2 Å². The van der Waals surface area contributed by atoms with E-state index in [1.165, 1.54) is 12.3 Å². The molecule has 0 aliphatic carbocycles. The number of rotatable bonds is 1. The molecule has 0 saturated heterocycles. The van der Waals surface area contributed by atoms with E-state index in [-0.39, 0.29) is 11.1 Å². The van der Waals surface area contributed by atoms with Crippen molar-refractivity contribution in [2.75, 3.05) is 0 Å². The maximum Gasteiger partial charge on any atom is 0.407 e. The van der Waals surface area contributed by atoms with E-state index in [0.717, 1.165) is 0 Å². The van der Waals surface area contributed by atoms with E-state index in [1.807, 2.05) is 0 Å². The van der Waals surface area contributed by atoms with Gasteiger partial charge >= 0.3 is 6.18 Å². The van der Waals surface area contributed by atoms with Gasteiger partial charge in [-0.1, -0.05) is 28.1 Å². The van der Waals surface area contributed by atoms with E-state index in [4.69, 9.17) is 5.73 Å². The number of pyridine rings is 1. The molecule has 0 saturated carbocycles. The van der Waals surface area contributed by atoms with Gasteiger partial charge in [-0.3, -0.25) is 4.98 Å². The number of nitrogens with two attached hydrogens (primary N) is 1. The molecule has 17 heavy (non-hydrogen) atoms. The summed E-state index contributed by atoms with van der Waals surface area (Å²) >= 11 is 3.27. The van der Waals surface area contributed by atoms with Gasteiger partial charge in [0.25, 0.3) is 0 Å². The summed E-state index contributed by atoms with van der Waals surface area (Å²) in [6.45, 7) is 0. The second kappa shape index (κ2) is 4.27. The van der Waals surface area contributed by atoms with Gasteiger partial charge in [0.1, 0.15) is 6.04 Å². The zero-order valence-corrected chi connectivity index (χ0v) is 10.1. The first-order valence-electron chi connectivity index (χ1n) is 4.76. The fourth-order valence-electron chi connectivity index (χ4n) is 1.59. The van der Waals surface area contributed by atoms with Crippen molar-refractivity contribution >= 4 is 26.8 Å². The molecule has 0 bridgehead atoms. The molecule has 0 amide bonds. The van der Waals surface area contributed by atoms with Crippen molar-refractivity contribution in [2.45, 2.75) is 12.2 Å². The lowest BCUT2D eigenvalue weighted by atomic mass is 10.0. The highest BCUT2D eigenvalue weighted by atomic mass is 79.9. The molecule has 0 aliphatic rings. The van der Waals surface area contributed by atoms with Crippen LogP contribution < -0.4 is 5.73 Å². The predicted molar refractivity (Wildman–Crippen MR) is 62.4 cm³/mol. The first kappa shape index (κ1) is 12.3. The molecule has 0 radical (unpaired) electrons. The fourth-order valence-corrected chi connectivity index (χ4v) is 2.04. The molecule has 1 unspecified atom stereocenters. The molecule has 90 valence electrons. The summed E-state index contributed by atoms with van der Waals surface area (Å²) in [5.74, 6) is 0. The Morgan fingerprint density at radius 3 is 2.59 bits per heavy atom. The van der Waals surface area contributed by atoms with Crippen LogP contribution in [-0.4, -0.2) is 11.2 Å². The van der Waals surface area contributed by atoms with Gasteiger partial charge in [-0.05, 0) is 12.1 Å². The number of halogens is 4. The van der Waals surface area contributed by atoms with Gasteiger partial charge in [0.15, 0.2) is 0 Å². The Bertz CT molecular complexity index is 554. The minimum atomic E-state index is -4.47. The first-order valence-corrected chi connectivity index (χ1v) is 5.56. The smallest absolute Gasteiger partial charge is 0.316 e. The summed E-state index contributed by atoms with van der Waals surface area (Å²) in [6.07, 6.45) is -3.03. The highest BCUT2D eigenvalue weighted by Gasteiger charge is 2.39. The zero-order valence-electron chi connectivity index (χ0n) is 8.50. The highest BCUT2D eigenvalue weighted by Crippen LogP contribution is 2.35. The third kappa shape index (κ3) is 2.28. The quantitative estimate of drug-likeness (QED) is 0.875. The molecule has 0 fully saturated rings. The molecule has 1 aromatic carbocycles. The summed E-state index contributed by atoms with van der Waals surface area (Å²) in [5, 5.41) is 0.615. The SMILES string of the molecule is NC(c1ccc(Br)c2cccnc12)C(F)(F)F. The summed E-state index contributed by atoms with van der Waals surface area (Å²) in [7, 11) is 0. The molecule has 6 heteroatoms. The van der Waals surface area contributed by atoms with E-state index in [1.54, 1.807) is 18.2 Å². The van der Waals surface area contributed by atoms with E-state index in [2.05, 4.69) is 20.9 Å². The summed E-state index contributed by atoms with van der Waals surface area (Å²) < 4.78 is 38.5. The molecule has 2 nitrogen and oxygen atoms in total. The van der Waals surface area contributed by atoms with Crippen molar-refractivity contribution in [1.29, 1.82) is 0 Å². The Balaban J connectivity index is 2.67. The predicted octanol–water partition coefficient (Wildman–Crippen LogP) is 3.56. The summed E-state index contributed by atoms with van der Waals surface area (Å²) in [5.41, 5.74) is 5.46. The molecule has 1 atom stereocenters. The van der Waals surface area contributed by atoms with E-state index in [0.29, 0.717) is 9.86 Å². The van der Waals surface area contributed by atoms with Gasteiger partial charge in [-0.2, -0.15) is 13.2 Å². The third-order valence-corrected chi connectivity index (χ3v) is 3.13. The minimum absolute atomic E-state index is 0.0173. The Labute approximate surface area is 104 Å². The van der Waals surface area contributed by atoms with Crippen LogP contribution in [0.1, 0.15) is 11.6 Å². The Morgan fingerprint density at radius 1 is 1.24 bits per heavy atom. The lowest BCUT2D eigenvalue weighted by Crippen LogP contribution is -2.28. The van der Waals surface area contributed by atoms with Crippen LogP contribution in [0.2, 0.25) is 0 Å². The molecule has 1 aromatic heterocycles. The average Bonchev–Trinajstić information content (AvgIpc) is 2.28. The van der Waals surface area contributed by atoms with Gasteiger partial charge < -0.3 is 5.73 Å². The number of benzene rings is 1. The Hall–Kier alpha value is -1.14. The monoisotopic (exact) mass is 304 g/mol. The van der Waals surface area contributed by atoms with Crippen molar-refractivity contribution in [3.05, 3.63) is 40.5 Å². The Morgan fingerprint density at radius 2 is 1.94 bits per heavy atom. The first-order chi connectivity index (χ1) is 7.91. The van der Waals surface area contributed by atoms with Crippen molar-refractivity contribution < 1.29 is 13.2 Å². The van der Waals surface area contributed by atoms with Gasteiger partial charge in [-0.25, -0.2) is 0 Å². The lowest BCUT2D eigenvalue weighted by molar-refractivity contribution is -0.148. The molecule has 0 aliphatic heterocycles. The second-order valence-electron chi connectivity index (χ2n) is 3.56. The van der Waals surface area contributed by atoms with Gasteiger partial charge in [0.05, 0.1) is 5.52 Å². The standard InChI is InChI=1S/C11H8BrF3N2/c12-8-4-3-7(10(16)11(13,14)15)9-6(8)2-1-5-17-9/h1-5,10H,16H2. The molecular formula is C11H8BrF3N2. The normalized spacial score (nSPS) is 13.9. The molecule has 2 rings (SSSR count). The van der Waals surface area contributed by atoms with Crippen LogP contribution in [0.3, 0.4) is 0 Å². The number of fused-ring (bicyclic) bond motifs is 1. The number of aromatic nitrogens is 1. The minimum Gasteiger partial charge on any atom is -0.316 e. The topological polar surface area (TPSA) is 38.9 Å². The van der Waals surface area contributed by atoms with E-state index < -0.39 is 12.2 Å². The maximum absolute atomic E-state index is 12.6. The van der Waals surface area contributed by atoms with Gasteiger partial charge in [0.2, 0.25) is 0 Å². The number of hydrogen-bond donors (Lipinski definition) is 1. The van der Waals surface area contributed by atoms with Crippen LogP contribution in [0, 0.1) is 0 Å². The van der Waals surface area contributed by atoms with Crippen LogP contribution >= 0.6 is 15.9 Å². The van der Waals surface area contributed by atoms with Crippen molar-refractivity contribution in [3.63, 3.8) is 0 Å². The molecular weight excluding hydrogens is 297 g/mol. The van der Waals surface area contributed by atoms with Crippen molar-refractivity contribution in [3.8, 4) is 0 Å². The maximum atomic E-state index is 12.6. The van der Waals surface area contributed by atoms with Gasteiger partial charge in [0, 0.05) is 21.6 Å². The fraction of sp³-hybridized carbons (Fsp3) is 0.182. The zero-order chi connectivity index (χ0) is 12.6. The van der Waals surface area contributed by atoms with Crippen molar-refractivity contribution in [2.24, 2.45) is 5.73 Å². The Kier molecular flexibility index (Phi) is 3.09.